The first-order valence-electron chi connectivity index (χ1n) is 9.93. The Labute approximate surface area is 173 Å². The third kappa shape index (κ3) is 3.83. The van der Waals surface area contributed by atoms with Gasteiger partial charge in [-0.05, 0) is 51.3 Å². The fourth-order valence-electron chi connectivity index (χ4n) is 3.98. The van der Waals surface area contributed by atoms with Crippen LogP contribution in [-0.2, 0) is 9.53 Å². The molecule has 0 aliphatic carbocycles. The molecule has 0 radical (unpaired) electrons. The summed E-state index contributed by atoms with van der Waals surface area (Å²) in [5, 5.41) is 1.01. The predicted octanol–water partition coefficient (Wildman–Crippen LogP) is 4.89. The number of carbonyl (C=O) groups is 1. The number of thiophene rings is 1. The van der Waals surface area contributed by atoms with Crippen LogP contribution in [0.25, 0.3) is 21.3 Å². The molecule has 0 saturated carbocycles. The number of aryl methyl sites for hydroxylation is 2. The molecule has 0 N–H and O–H groups in total. The third-order valence-electron chi connectivity index (χ3n) is 5.37. The van der Waals surface area contributed by atoms with Crippen LogP contribution in [0.15, 0.2) is 24.3 Å². The smallest absolute Gasteiger partial charge is 0.309 e. The normalized spacial score (nSPS) is 15.1. The van der Waals surface area contributed by atoms with Crippen LogP contribution < -0.4 is 4.90 Å². The fourth-order valence-corrected chi connectivity index (χ4v) is 5.06. The highest BCUT2D eigenvalue weighted by Crippen LogP contribution is 2.42. The van der Waals surface area contributed by atoms with Gasteiger partial charge in [-0.25, -0.2) is 14.4 Å². The molecule has 152 valence electrons. The van der Waals surface area contributed by atoms with Gasteiger partial charge in [-0.3, -0.25) is 4.79 Å². The number of hydrogen-bond donors (Lipinski definition) is 0. The minimum absolute atomic E-state index is 0.0506. The van der Waals surface area contributed by atoms with Crippen LogP contribution in [0.4, 0.5) is 10.2 Å². The van der Waals surface area contributed by atoms with E-state index in [2.05, 4.69) is 16.8 Å². The van der Waals surface area contributed by atoms with Gasteiger partial charge in [0.05, 0.1) is 17.9 Å². The zero-order chi connectivity index (χ0) is 20.5. The van der Waals surface area contributed by atoms with Gasteiger partial charge >= 0.3 is 5.97 Å². The summed E-state index contributed by atoms with van der Waals surface area (Å²) >= 11 is 1.64. The van der Waals surface area contributed by atoms with Crippen molar-refractivity contribution < 1.29 is 13.9 Å². The van der Waals surface area contributed by atoms with Gasteiger partial charge in [-0.15, -0.1) is 11.3 Å². The lowest BCUT2D eigenvalue weighted by Gasteiger charge is -2.32. The van der Waals surface area contributed by atoms with Crippen molar-refractivity contribution in [2.45, 2.75) is 33.6 Å². The monoisotopic (exact) mass is 413 g/mol. The molecule has 0 amide bonds. The number of halogens is 1. The molecule has 1 aliphatic rings. The van der Waals surface area contributed by atoms with Crippen molar-refractivity contribution in [2.24, 2.45) is 5.92 Å². The molecule has 2 aromatic heterocycles. The van der Waals surface area contributed by atoms with E-state index in [4.69, 9.17) is 9.72 Å². The lowest BCUT2D eigenvalue weighted by molar-refractivity contribution is -0.148. The molecule has 1 fully saturated rings. The number of anilines is 1. The predicted molar refractivity (Wildman–Crippen MR) is 114 cm³/mol. The highest BCUT2D eigenvalue weighted by atomic mass is 32.1. The van der Waals surface area contributed by atoms with E-state index in [9.17, 15) is 9.18 Å². The van der Waals surface area contributed by atoms with Gasteiger partial charge in [0.25, 0.3) is 0 Å². The Balaban J connectivity index is 1.73. The van der Waals surface area contributed by atoms with E-state index in [-0.39, 0.29) is 17.7 Å². The zero-order valence-corrected chi connectivity index (χ0v) is 17.7. The van der Waals surface area contributed by atoms with E-state index in [0.29, 0.717) is 6.61 Å². The number of benzene rings is 1. The number of nitrogens with zero attached hydrogens (tertiary/aromatic N) is 3. The Morgan fingerprint density at radius 2 is 1.90 bits per heavy atom. The first-order chi connectivity index (χ1) is 14.0. The zero-order valence-electron chi connectivity index (χ0n) is 16.9. The van der Waals surface area contributed by atoms with Crippen LogP contribution in [0.2, 0.25) is 0 Å². The number of piperidine rings is 1. The highest BCUT2D eigenvalue weighted by molar-refractivity contribution is 7.19. The molecule has 5 nitrogen and oxygen atoms in total. The summed E-state index contributed by atoms with van der Waals surface area (Å²) in [6, 6.07) is 6.58. The van der Waals surface area contributed by atoms with Crippen LogP contribution in [-0.4, -0.2) is 35.6 Å². The average Bonchev–Trinajstić information content (AvgIpc) is 3.04. The summed E-state index contributed by atoms with van der Waals surface area (Å²) in [5.74, 6) is 1.23. The van der Waals surface area contributed by atoms with Crippen molar-refractivity contribution in [3.8, 4) is 11.1 Å². The molecule has 1 aromatic carbocycles. The van der Waals surface area contributed by atoms with Crippen molar-refractivity contribution in [3.05, 3.63) is 40.8 Å². The van der Waals surface area contributed by atoms with Gasteiger partial charge < -0.3 is 9.64 Å². The molecule has 3 heterocycles. The number of ether oxygens (including phenoxy) is 1. The molecule has 3 aromatic rings. The minimum Gasteiger partial charge on any atom is -0.466 e. The van der Waals surface area contributed by atoms with E-state index in [1.54, 1.807) is 23.5 Å². The third-order valence-corrected chi connectivity index (χ3v) is 6.37. The second-order valence-electron chi connectivity index (χ2n) is 7.33. The summed E-state index contributed by atoms with van der Waals surface area (Å²) < 4.78 is 18.6. The molecule has 0 bridgehead atoms. The molecule has 0 unspecified atom stereocenters. The van der Waals surface area contributed by atoms with Crippen molar-refractivity contribution in [1.82, 2.24) is 9.97 Å². The van der Waals surface area contributed by atoms with Crippen LogP contribution in [0, 0.1) is 25.6 Å². The molecule has 7 heteroatoms. The largest absolute Gasteiger partial charge is 0.466 e. The number of hydrogen-bond acceptors (Lipinski definition) is 6. The molecule has 0 atom stereocenters. The maximum Gasteiger partial charge on any atom is 0.309 e. The molecule has 1 aliphatic heterocycles. The molecule has 1 saturated heterocycles. The second kappa shape index (κ2) is 8.06. The van der Waals surface area contributed by atoms with Gasteiger partial charge in [-0.1, -0.05) is 12.1 Å². The van der Waals surface area contributed by atoms with E-state index >= 15 is 0 Å². The van der Waals surface area contributed by atoms with Gasteiger partial charge in [0.1, 0.15) is 22.3 Å². The number of fused-ring (bicyclic) bond motifs is 1. The lowest BCUT2D eigenvalue weighted by atomic mass is 9.96. The fraction of sp³-hybridized carbons (Fsp3) is 0.409. The summed E-state index contributed by atoms with van der Waals surface area (Å²) in [6.07, 6.45) is 1.50. The Bertz CT molecular complexity index is 1040. The quantitative estimate of drug-likeness (QED) is 0.570. The van der Waals surface area contributed by atoms with Crippen molar-refractivity contribution in [3.63, 3.8) is 0 Å². The topological polar surface area (TPSA) is 55.3 Å². The summed E-state index contributed by atoms with van der Waals surface area (Å²) in [4.78, 5) is 25.8. The standard InChI is InChI=1S/C22H24FN3O2S/c1-4-28-22(27)16-9-11-26(12-10-16)20-19-18(15-5-7-17(23)8-6-15)13(2)29-21(19)25-14(3)24-20/h5-8,16H,4,9-12H2,1-3H3. The molecular formula is C22H24FN3O2S. The molecule has 0 spiro atoms. The van der Waals surface area contributed by atoms with E-state index in [1.165, 1.54) is 12.1 Å². The molecule has 4 rings (SSSR count). The van der Waals surface area contributed by atoms with Crippen LogP contribution >= 0.6 is 11.3 Å². The highest BCUT2D eigenvalue weighted by Gasteiger charge is 2.29. The van der Waals surface area contributed by atoms with Gasteiger partial charge in [0.2, 0.25) is 0 Å². The van der Waals surface area contributed by atoms with Crippen molar-refractivity contribution in [1.29, 1.82) is 0 Å². The van der Waals surface area contributed by atoms with E-state index in [1.807, 2.05) is 13.8 Å². The van der Waals surface area contributed by atoms with Gasteiger partial charge in [0.15, 0.2) is 0 Å². The second-order valence-corrected chi connectivity index (χ2v) is 8.53. The summed E-state index contributed by atoms with van der Waals surface area (Å²) in [6.45, 7) is 7.71. The first-order valence-corrected chi connectivity index (χ1v) is 10.7. The maximum absolute atomic E-state index is 13.5. The van der Waals surface area contributed by atoms with E-state index in [0.717, 1.165) is 63.8 Å². The minimum atomic E-state index is -0.251. The Hall–Kier alpha value is -2.54. The van der Waals surface area contributed by atoms with Crippen molar-refractivity contribution >= 4 is 33.3 Å². The molecular weight excluding hydrogens is 389 g/mol. The summed E-state index contributed by atoms with van der Waals surface area (Å²) in [5.41, 5.74) is 2.03. The first kappa shape index (κ1) is 19.8. The SMILES string of the molecule is CCOC(=O)C1CCN(c2nc(C)nc3sc(C)c(-c4ccc(F)cc4)c23)CC1. The van der Waals surface area contributed by atoms with Crippen molar-refractivity contribution in [2.75, 3.05) is 24.6 Å². The summed E-state index contributed by atoms with van der Waals surface area (Å²) in [7, 11) is 0. The van der Waals surface area contributed by atoms with E-state index < -0.39 is 0 Å². The molecule has 29 heavy (non-hydrogen) atoms. The Morgan fingerprint density at radius 3 is 2.55 bits per heavy atom. The van der Waals surface area contributed by atoms with Crippen LogP contribution in [0.5, 0.6) is 0 Å². The van der Waals surface area contributed by atoms with Crippen LogP contribution in [0.3, 0.4) is 0 Å². The number of esters is 1. The van der Waals surface area contributed by atoms with Crippen LogP contribution in [0.1, 0.15) is 30.5 Å². The number of rotatable bonds is 4. The maximum atomic E-state index is 13.5. The Kier molecular flexibility index (Phi) is 5.50. The van der Waals surface area contributed by atoms with Gasteiger partial charge in [0, 0.05) is 23.5 Å². The lowest BCUT2D eigenvalue weighted by Crippen LogP contribution is -2.37. The van der Waals surface area contributed by atoms with Gasteiger partial charge in [-0.2, -0.15) is 0 Å². The number of aromatic nitrogens is 2. The number of carbonyl (C=O) groups excluding carboxylic acids is 1. The Morgan fingerprint density at radius 1 is 1.21 bits per heavy atom. The average molecular weight is 414 g/mol.